The third kappa shape index (κ3) is 3.69. The van der Waals surface area contributed by atoms with Crippen LogP contribution >= 0.6 is 0 Å². The average Bonchev–Trinajstić information content (AvgIpc) is 3.02. The standard InChI is InChI=1S/C17H20F3N5O3/c18-17(19,20)13-7-21-12(6-22-13)5-11-1-3-24(4-2-11)15(27)25-8-16(9-25)10-28-14(26)23-16/h6-7,11H,1-5,8-10H2,(H,23,26). The summed E-state index contributed by atoms with van der Waals surface area (Å²) in [6.45, 7) is 2.34. The van der Waals surface area contributed by atoms with E-state index in [0.717, 1.165) is 19.0 Å². The van der Waals surface area contributed by atoms with Crippen LogP contribution in [0.1, 0.15) is 24.2 Å². The van der Waals surface area contributed by atoms with Gasteiger partial charge in [0.2, 0.25) is 0 Å². The number of carbonyl (C=O) groups excluding carboxylic acids is 2. The van der Waals surface area contributed by atoms with E-state index in [-0.39, 0.29) is 18.6 Å². The van der Waals surface area contributed by atoms with Crippen molar-refractivity contribution in [3.05, 3.63) is 23.8 Å². The van der Waals surface area contributed by atoms with Crippen molar-refractivity contribution in [2.24, 2.45) is 5.92 Å². The van der Waals surface area contributed by atoms with Crippen molar-refractivity contribution in [3.63, 3.8) is 0 Å². The summed E-state index contributed by atoms with van der Waals surface area (Å²) in [6.07, 6.45) is -0.930. The van der Waals surface area contributed by atoms with Crippen LogP contribution in [0.2, 0.25) is 0 Å². The normalized spacial score (nSPS) is 22.0. The van der Waals surface area contributed by atoms with Gasteiger partial charge in [-0.3, -0.25) is 4.98 Å². The highest BCUT2D eigenvalue weighted by atomic mass is 19.4. The summed E-state index contributed by atoms with van der Waals surface area (Å²) in [4.78, 5) is 34.5. The van der Waals surface area contributed by atoms with E-state index in [1.807, 2.05) is 0 Å². The SMILES string of the molecule is O=C1NC2(CO1)CN(C(=O)N1CCC(Cc3cnc(C(F)(F)F)cn3)CC1)C2. The number of urea groups is 1. The molecule has 3 aliphatic heterocycles. The molecule has 8 nitrogen and oxygen atoms in total. The van der Waals surface area contributed by atoms with E-state index in [0.29, 0.717) is 38.3 Å². The molecule has 152 valence electrons. The van der Waals surface area contributed by atoms with Gasteiger partial charge >= 0.3 is 18.3 Å². The highest BCUT2D eigenvalue weighted by molar-refractivity contribution is 5.78. The molecule has 1 aromatic rings. The monoisotopic (exact) mass is 399 g/mol. The largest absolute Gasteiger partial charge is 0.447 e. The second-order valence-corrected chi connectivity index (χ2v) is 7.65. The van der Waals surface area contributed by atoms with Crippen LogP contribution in [-0.2, 0) is 17.3 Å². The molecular weight excluding hydrogens is 379 g/mol. The van der Waals surface area contributed by atoms with Crippen LogP contribution in [0.5, 0.6) is 0 Å². The Kier molecular flexibility index (Phi) is 4.54. The number of nitrogens with zero attached hydrogens (tertiary/aromatic N) is 4. The fourth-order valence-corrected chi connectivity index (χ4v) is 3.91. The lowest BCUT2D eigenvalue weighted by molar-refractivity contribution is -0.141. The lowest BCUT2D eigenvalue weighted by Crippen LogP contribution is -2.71. The van der Waals surface area contributed by atoms with Crippen LogP contribution in [0, 0.1) is 5.92 Å². The van der Waals surface area contributed by atoms with Crippen LogP contribution < -0.4 is 5.32 Å². The zero-order chi connectivity index (χ0) is 19.9. The van der Waals surface area contributed by atoms with E-state index in [1.54, 1.807) is 9.80 Å². The predicted molar refractivity (Wildman–Crippen MR) is 89.2 cm³/mol. The number of amides is 3. The number of likely N-dealkylation sites (tertiary alicyclic amines) is 2. The Balaban J connectivity index is 1.24. The van der Waals surface area contributed by atoms with Gasteiger partial charge in [-0.25, -0.2) is 14.6 Å². The number of nitrogens with one attached hydrogen (secondary N) is 1. The number of carbonyl (C=O) groups is 2. The molecule has 28 heavy (non-hydrogen) atoms. The van der Waals surface area contributed by atoms with Gasteiger partial charge in [0.25, 0.3) is 0 Å². The van der Waals surface area contributed by atoms with Crippen molar-refractivity contribution in [3.8, 4) is 0 Å². The van der Waals surface area contributed by atoms with Crippen molar-refractivity contribution in [2.45, 2.75) is 31.0 Å². The topological polar surface area (TPSA) is 87.7 Å². The molecule has 0 radical (unpaired) electrons. The first-order valence-electron chi connectivity index (χ1n) is 9.11. The number of alkyl halides is 3. The number of rotatable bonds is 2. The number of alkyl carbamates (subject to hydrolysis) is 1. The third-order valence-corrected chi connectivity index (χ3v) is 5.48. The molecule has 1 N–H and O–H groups in total. The molecule has 0 unspecified atom stereocenters. The average molecular weight is 399 g/mol. The molecule has 0 saturated carbocycles. The van der Waals surface area contributed by atoms with Gasteiger partial charge in [-0.15, -0.1) is 0 Å². The molecule has 1 aromatic heterocycles. The number of hydrogen-bond donors (Lipinski definition) is 1. The van der Waals surface area contributed by atoms with E-state index in [4.69, 9.17) is 4.74 Å². The van der Waals surface area contributed by atoms with Crippen LogP contribution in [-0.4, -0.2) is 70.2 Å². The van der Waals surface area contributed by atoms with E-state index < -0.39 is 23.5 Å². The number of aromatic nitrogens is 2. The van der Waals surface area contributed by atoms with Crippen molar-refractivity contribution < 1.29 is 27.5 Å². The second kappa shape index (κ2) is 6.78. The maximum absolute atomic E-state index is 12.6. The van der Waals surface area contributed by atoms with E-state index in [2.05, 4.69) is 15.3 Å². The summed E-state index contributed by atoms with van der Waals surface area (Å²) in [5.41, 5.74) is -0.904. The summed E-state index contributed by atoms with van der Waals surface area (Å²) in [6, 6.07) is -0.0560. The minimum Gasteiger partial charge on any atom is -0.447 e. The molecular formula is C17H20F3N5O3. The van der Waals surface area contributed by atoms with Gasteiger partial charge < -0.3 is 19.9 Å². The first-order valence-corrected chi connectivity index (χ1v) is 9.11. The Hall–Kier alpha value is -2.59. The van der Waals surface area contributed by atoms with Crippen molar-refractivity contribution >= 4 is 12.1 Å². The molecule has 3 saturated heterocycles. The quantitative estimate of drug-likeness (QED) is 0.817. The van der Waals surface area contributed by atoms with Gasteiger partial charge in [-0.1, -0.05) is 0 Å². The summed E-state index contributed by atoms with van der Waals surface area (Å²) >= 11 is 0. The molecule has 0 bridgehead atoms. The zero-order valence-electron chi connectivity index (χ0n) is 15.0. The fourth-order valence-electron chi connectivity index (χ4n) is 3.91. The minimum atomic E-state index is -4.49. The van der Waals surface area contributed by atoms with E-state index >= 15 is 0 Å². The Morgan fingerprint density at radius 1 is 1.21 bits per heavy atom. The highest BCUT2D eigenvalue weighted by Crippen LogP contribution is 2.29. The second-order valence-electron chi connectivity index (χ2n) is 7.65. The molecule has 3 amide bonds. The predicted octanol–water partition coefficient (Wildman–Crippen LogP) is 1.66. The Morgan fingerprint density at radius 2 is 1.93 bits per heavy atom. The van der Waals surface area contributed by atoms with Crippen LogP contribution in [0.25, 0.3) is 0 Å². The van der Waals surface area contributed by atoms with Crippen molar-refractivity contribution in [1.82, 2.24) is 25.1 Å². The van der Waals surface area contributed by atoms with Crippen molar-refractivity contribution in [1.29, 1.82) is 0 Å². The molecule has 1 spiro atoms. The fraction of sp³-hybridized carbons (Fsp3) is 0.647. The zero-order valence-corrected chi connectivity index (χ0v) is 15.0. The molecule has 0 atom stereocenters. The minimum absolute atomic E-state index is 0.0560. The summed E-state index contributed by atoms with van der Waals surface area (Å²) in [5.74, 6) is 0.250. The maximum Gasteiger partial charge on any atom is 0.434 e. The van der Waals surface area contributed by atoms with Gasteiger partial charge in [0.05, 0.1) is 25.0 Å². The molecule has 4 heterocycles. The van der Waals surface area contributed by atoms with E-state index in [1.165, 1.54) is 6.20 Å². The Morgan fingerprint density at radius 3 is 2.46 bits per heavy atom. The Bertz CT molecular complexity index is 756. The van der Waals surface area contributed by atoms with Gasteiger partial charge in [-0.2, -0.15) is 13.2 Å². The van der Waals surface area contributed by atoms with Crippen LogP contribution in [0.15, 0.2) is 12.4 Å². The van der Waals surface area contributed by atoms with Gasteiger partial charge in [0, 0.05) is 19.3 Å². The summed E-state index contributed by atoms with van der Waals surface area (Å²) < 4.78 is 42.5. The smallest absolute Gasteiger partial charge is 0.434 e. The van der Waals surface area contributed by atoms with Gasteiger partial charge in [0.15, 0.2) is 5.69 Å². The Labute approximate surface area is 159 Å². The number of halogens is 3. The van der Waals surface area contributed by atoms with Crippen molar-refractivity contribution in [2.75, 3.05) is 32.8 Å². The number of hydrogen-bond acceptors (Lipinski definition) is 5. The first-order chi connectivity index (χ1) is 13.2. The van der Waals surface area contributed by atoms with Crippen LogP contribution in [0.4, 0.5) is 22.8 Å². The first kappa shape index (κ1) is 18.8. The molecule has 11 heteroatoms. The third-order valence-electron chi connectivity index (χ3n) is 5.48. The molecule has 0 aromatic carbocycles. The molecule has 0 aliphatic carbocycles. The van der Waals surface area contributed by atoms with Gasteiger partial charge in [0.1, 0.15) is 12.1 Å². The number of cyclic esters (lactones) is 1. The lowest BCUT2D eigenvalue weighted by Gasteiger charge is -2.48. The molecule has 3 fully saturated rings. The lowest BCUT2D eigenvalue weighted by atomic mass is 9.90. The highest BCUT2D eigenvalue weighted by Gasteiger charge is 2.52. The van der Waals surface area contributed by atoms with E-state index in [9.17, 15) is 22.8 Å². The summed E-state index contributed by atoms with van der Waals surface area (Å²) in [7, 11) is 0. The van der Waals surface area contributed by atoms with Gasteiger partial charge in [-0.05, 0) is 25.2 Å². The molecule has 4 rings (SSSR count). The molecule has 3 aliphatic rings. The number of piperidine rings is 1. The van der Waals surface area contributed by atoms with Crippen LogP contribution in [0.3, 0.4) is 0 Å². The number of ether oxygens (including phenoxy) is 1. The maximum atomic E-state index is 12.6. The summed E-state index contributed by atoms with van der Waals surface area (Å²) in [5, 5.41) is 2.75.